The highest BCUT2D eigenvalue weighted by Crippen LogP contribution is 2.30. The average molecular weight is 250 g/mol. The maximum absolute atomic E-state index is 9.47. The monoisotopic (exact) mass is 250 g/mol. The van der Waals surface area contributed by atoms with E-state index >= 15 is 0 Å². The molecule has 102 valence electrons. The lowest BCUT2D eigenvalue weighted by Crippen LogP contribution is -1.93. The van der Waals surface area contributed by atoms with E-state index in [2.05, 4.69) is 13.8 Å². The van der Waals surface area contributed by atoms with Gasteiger partial charge in [0.25, 0.3) is 0 Å². The third-order valence-corrected chi connectivity index (χ3v) is 3.56. The summed E-state index contributed by atoms with van der Waals surface area (Å²) in [5.74, 6) is 0.399. The van der Waals surface area contributed by atoms with E-state index in [-0.39, 0.29) is 11.5 Å². The molecule has 0 spiro atoms. The number of phenolic OH excluding ortho intramolecular Hbond substituents is 2. The zero-order valence-corrected chi connectivity index (χ0v) is 11.7. The molecule has 2 nitrogen and oxygen atoms in total. The van der Waals surface area contributed by atoms with Crippen LogP contribution in [-0.2, 0) is 0 Å². The van der Waals surface area contributed by atoms with Gasteiger partial charge in [-0.25, -0.2) is 0 Å². The van der Waals surface area contributed by atoms with E-state index in [1.807, 2.05) is 6.07 Å². The van der Waals surface area contributed by atoms with Gasteiger partial charge in [0, 0.05) is 0 Å². The van der Waals surface area contributed by atoms with Gasteiger partial charge in [-0.1, -0.05) is 58.4 Å². The van der Waals surface area contributed by atoms with Gasteiger partial charge in [-0.2, -0.15) is 0 Å². The summed E-state index contributed by atoms with van der Waals surface area (Å²) in [6, 6.07) is 5.15. The first-order valence-corrected chi connectivity index (χ1v) is 7.17. The van der Waals surface area contributed by atoms with Crippen LogP contribution in [0, 0.1) is 0 Å². The number of phenols is 2. The molecule has 1 atom stereocenters. The molecule has 0 amide bonds. The Morgan fingerprint density at radius 3 is 2.28 bits per heavy atom. The molecule has 0 radical (unpaired) electrons. The lowest BCUT2D eigenvalue weighted by molar-refractivity contribution is 0.402. The lowest BCUT2D eigenvalue weighted by Gasteiger charge is -2.12. The molecule has 2 N–H and O–H groups in total. The fourth-order valence-electron chi connectivity index (χ4n) is 2.24. The third-order valence-electron chi connectivity index (χ3n) is 3.56. The summed E-state index contributed by atoms with van der Waals surface area (Å²) >= 11 is 0. The quantitative estimate of drug-likeness (QED) is 0.506. The van der Waals surface area contributed by atoms with Crippen molar-refractivity contribution in [3.05, 3.63) is 23.8 Å². The Bertz CT molecular complexity index is 347. The molecule has 2 heteroatoms. The Kier molecular flexibility index (Phi) is 6.63. The summed E-state index contributed by atoms with van der Waals surface area (Å²) in [5.41, 5.74) is 1.11. The lowest BCUT2D eigenvalue weighted by atomic mass is 9.94. The molecule has 1 aromatic rings. The number of unbranched alkanes of at least 4 members (excludes halogenated alkanes) is 5. The number of hydrogen-bond donors (Lipinski definition) is 2. The van der Waals surface area contributed by atoms with Gasteiger partial charge in [-0.3, -0.25) is 0 Å². The Morgan fingerprint density at radius 1 is 0.944 bits per heavy atom. The minimum atomic E-state index is -0.0366. The molecule has 0 aromatic heterocycles. The van der Waals surface area contributed by atoms with Crippen LogP contribution >= 0.6 is 0 Å². The van der Waals surface area contributed by atoms with Crippen LogP contribution in [-0.4, -0.2) is 10.2 Å². The van der Waals surface area contributed by atoms with E-state index in [4.69, 9.17) is 0 Å². The van der Waals surface area contributed by atoms with Crippen LogP contribution in [0.25, 0.3) is 0 Å². The van der Waals surface area contributed by atoms with Gasteiger partial charge in [0.15, 0.2) is 11.5 Å². The van der Waals surface area contributed by atoms with Crippen LogP contribution in [0.15, 0.2) is 18.2 Å². The first-order valence-electron chi connectivity index (χ1n) is 7.17. The summed E-state index contributed by atoms with van der Waals surface area (Å²) in [4.78, 5) is 0. The molecule has 0 aliphatic rings. The minimum Gasteiger partial charge on any atom is -0.504 e. The Morgan fingerprint density at radius 2 is 1.61 bits per heavy atom. The van der Waals surface area contributed by atoms with Crippen LogP contribution in [0.4, 0.5) is 0 Å². The van der Waals surface area contributed by atoms with Crippen LogP contribution < -0.4 is 0 Å². The topological polar surface area (TPSA) is 40.5 Å². The number of hydrogen-bond acceptors (Lipinski definition) is 2. The van der Waals surface area contributed by atoms with Gasteiger partial charge in [-0.15, -0.1) is 0 Å². The van der Waals surface area contributed by atoms with Crippen molar-refractivity contribution in [3.63, 3.8) is 0 Å². The minimum absolute atomic E-state index is 0.0118. The van der Waals surface area contributed by atoms with E-state index in [1.165, 1.54) is 38.5 Å². The van der Waals surface area contributed by atoms with Gasteiger partial charge in [0.05, 0.1) is 0 Å². The van der Waals surface area contributed by atoms with Crippen LogP contribution in [0.3, 0.4) is 0 Å². The molecule has 0 aliphatic carbocycles. The molecule has 0 heterocycles. The normalized spacial score (nSPS) is 12.6. The van der Waals surface area contributed by atoms with E-state index < -0.39 is 0 Å². The van der Waals surface area contributed by atoms with Crippen molar-refractivity contribution in [2.24, 2.45) is 0 Å². The highest BCUT2D eigenvalue weighted by Gasteiger charge is 2.08. The maximum atomic E-state index is 9.47. The second-order valence-corrected chi connectivity index (χ2v) is 5.21. The molecule has 18 heavy (non-hydrogen) atoms. The predicted octanol–water partition coefficient (Wildman–Crippen LogP) is 4.95. The van der Waals surface area contributed by atoms with E-state index in [1.54, 1.807) is 12.1 Å². The number of rotatable bonds is 8. The maximum Gasteiger partial charge on any atom is 0.157 e. The van der Waals surface area contributed by atoms with Crippen molar-refractivity contribution in [2.75, 3.05) is 0 Å². The number of aromatic hydroxyl groups is 2. The van der Waals surface area contributed by atoms with E-state index in [0.717, 1.165) is 12.0 Å². The molecule has 1 unspecified atom stereocenters. The highest BCUT2D eigenvalue weighted by atomic mass is 16.3. The van der Waals surface area contributed by atoms with Gasteiger partial charge < -0.3 is 10.2 Å². The smallest absolute Gasteiger partial charge is 0.157 e. The first-order chi connectivity index (χ1) is 8.65. The molecule has 0 saturated carbocycles. The third kappa shape index (κ3) is 4.99. The predicted molar refractivity (Wildman–Crippen MR) is 76.2 cm³/mol. The molecule has 0 bridgehead atoms. The molecular formula is C16H26O2. The molecule has 0 saturated heterocycles. The standard InChI is InChI=1S/C16H26O2/c1-3-4-5-6-7-8-9-13(2)14-10-11-15(17)16(18)12-14/h10-13,17-18H,3-9H2,1-2H3. The van der Waals surface area contributed by atoms with Crippen molar-refractivity contribution in [1.29, 1.82) is 0 Å². The molecular weight excluding hydrogens is 224 g/mol. The summed E-state index contributed by atoms with van der Waals surface area (Å²) in [7, 11) is 0. The Balaban J connectivity index is 2.27. The Hall–Kier alpha value is -1.18. The SMILES string of the molecule is CCCCCCCCC(C)c1ccc(O)c(O)c1. The number of benzene rings is 1. The summed E-state index contributed by atoms with van der Waals surface area (Å²) in [5, 5.41) is 18.7. The summed E-state index contributed by atoms with van der Waals surface area (Å²) in [6.07, 6.45) is 9.02. The fourth-order valence-corrected chi connectivity index (χ4v) is 2.24. The zero-order valence-electron chi connectivity index (χ0n) is 11.7. The zero-order chi connectivity index (χ0) is 13.4. The second-order valence-electron chi connectivity index (χ2n) is 5.21. The molecule has 0 aliphatic heterocycles. The molecule has 1 aromatic carbocycles. The fraction of sp³-hybridized carbons (Fsp3) is 0.625. The van der Waals surface area contributed by atoms with Crippen LogP contribution in [0.2, 0.25) is 0 Å². The van der Waals surface area contributed by atoms with E-state index in [9.17, 15) is 10.2 Å². The second kappa shape index (κ2) is 8.02. The van der Waals surface area contributed by atoms with Gasteiger partial charge >= 0.3 is 0 Å². The van der Waals surface area contributed by atoms with Gasteiger partial charge in [0.2, 0.25) is 0 Å². The van der Waals surface area contributed by atoms with Crippen molar-refractivity contribution in [1.82, 2.24) is 0 Å². The van der Waals surface area contributed by atoms with Gasteiger partial charge in [-0.05, 0) is 30.0 Å². The summed E-state index contributed by atoms with van der Waals surface area (Å²) in [6.45, 7) is 4.41. The highest BCUT2D eigenvalue weighted by molar-refractivity contribution is 5.41. The van der Waals surface area contributed by atoms with Crippen LogP contribution in [0.1, 0.15) is 70.3 Å². The largest absolute Gasteiger partial charge is 0.504 e. The molecule has 1 rings (SSSR count). The van der Waals surface area contributed by atoms with Gasteiger partial charge in [0.1, 0.15) is 0 Å². The average Bonchev–Trinajstić information content (AvgIpc) is 2.36. The Labute approximate surface area is 111 Å². The van der Waals surface area contributed by atoms with Crippen molar-refractivity contribution >= 4 is 0 Å². The van der Waals surface area contributed by atoms with Crippen molar-refractivity contribution in [2.45, 2.75) is 64.7 Å². The van der Waals surface area contributed by atoms with Crippen molar-refractivity contribution in [3.8, 4) is 11.5 Å². The first kappa shape index (κ1) is 14.9. The summed E-state index contributed by atoms with van der Waals surface area (Å²) < 4.78 is 0. The van der Waals surface area contributed by atoms with E-state index in [0.29, 0.717) is 5.92 Å². The molecule has 0 fully saturated rings. The van der Waals surface area contributed by atoms with Crippen LogP contribution in [0.5, 0.6) is 11.5 Å². The van der Waals surface area contributed by atoms with Crippen molar-refractivity contribution < 1.29 is 10.2 Å².